The highest BCUT2D eigenvalue weighted by Crippen LogP contribution is 2.33. The molecule has 0 saturated heterocycles. The zero-order valence-corrected chi connectivity index (χ0v) is 10.1. The van der Waals surface area contributed by atoms with Crippen LogP contribution in [0, 0.1) is 5.82 Å². The number of aromatic nitrogens is 1. The van der Waals surface area contributed by atoms with Gasteiger partial charge in [0.1, 0.15) is 18.2 Å². The number of halogens is 4. The topological polar surface area (TPSA) is 61.3 Å². The summed E-state index contributed by atoms with van der Waals surface area (Å²) >= 11 is 0. The molecule has 0 fully saturated rings. The van der Waals surface area contributed by atoms with Gasteiger partial charge in [-0.05, 0) is 18.2 Å². The van der Waals surface area contributed by atoms with Gasteiger partial charge in [-0.25, -0.2) is 4.39 Å². The van der Waals surface area contributed by atoms with Crippen LogP contribution in [-0.2, 0) is 19.3 Å². The summed E-state index contributed by atoms with van der Waals surface area (Å²) < 4.78 is 60.5. The third kappa shape index (κ3) is 3.27. The highest BCUT2D eigenvalue weighted by Gasteiger charge is 2.34. The summed E-state index contributed by atoms with van der Waals surface area (Å²) in [5, 5.41) is 3.60. The average Bonchev–Trinajstić information content (AvgIpc) is 2.84. The van der Waals surface area contributed by atoms with E-state index in [1.54, 1.807) is 0 Å². The number of rotatable bonds is 4. The first kappa shape index (κ1) is 14.3. The fourth-order valence-corrected chi connectivity index (χ4v) is 1.49. The van der Waals surface area contributed by atoms with E-state index in [9.17, 15) is 17.6 Å². The van der Waals surface area contributed by atoms with Crippen molar-refractivity contribution in [2.45, 2.75) is 19.3 Å². The van der Waals surface area contributed by atoms with E-state index in [0.717, 1.165) is 6.07 Å². The van der Waals surface area contributed by atoms with E-state index in [1.807, 2.05) is 0 Å². The van der Waals surface area contributed by atoms with Crippen molar-refractivity contribution in [1.82, 2.24) is 5.16 Å². The maximum Gasteiger partial charge on any atom is 0.419 e. The van der Waals surface area contributed by atoms with E-state index in [-0.39, 0.29) is 18.9 Å². The Kier molecular flexibility index (Phi) is 3.93. The molecule has 0 unspecified atom stereocenters. The van der Waals surface area contributed by atoms with Gasteiger partial charge >= 0.3 is 6.18 Å². The van der Waals surface area contributed by atoms with E-state index in [1.165, 1.54) is 6.07 Å². The molecule has 2 N–H and O–H groups in total. The second-order valence-corrected chi connectivity index (χ2v) is 3.92. The van der Waals surface area contributed by atoms with Crippen molar-refractivity contribution in [2.75, 3.05) is 0 Å². The molecule has 0 bridgehead atoms. The molecular formula is C12H10F4N2O2. The first-order valence-corrected chi connectivity index (χ1v) is 5.54. The van der Waals surface area contributed by atoms with Gasteiger partial charge in [-0.15, -0.1) is 0 Å². The first-order valence-electron chi connectivity index (χ1n) is 5.54. The standard InChI is InChI=1S/C12H10F4N2O2/c13-11-2-1-8(4-10(11)12(14,15)16)19-6-9-3-7(5-17)18-20-9/h1-4H,5-6,17H2. The van der Waals surface area contributed by atoms with Crippen LogP contribution in [0.1, 0.15) is 17.0 Å². The minimum atomic E-state index is -4.78. The predicted molar refractivity (Wildman–Crippen MR) is 60.1 cm³/mol. The summed E-state index contributed by atoms with van der Waals surface area (Å²) in [4.78, 5) is 0. The van der Waals surface area contributed by atoms with Gasteiger partial charge in [-0.3, -0.25) is 0 Å². The van der Waals surface area contributed by atoms with Crippen LogP contribution in [0.25, 0.3) is 0 Å². The Hall–Kier alpha value is -2.09. The summed E-state index contributed by atoms with van der Waals surface area (Å²) in [6, 6.07) is 3.92. The lowest BCUT2D eigenvalue weighted by Gasteiger charge is -2.10. The molecule has 1 aromatic carbocycles. The zero-order valence-electron chi connectivity index (χ0n) is 10.1. The molecule has 0 aliphatic heterocycles. The lowest BCUT2D eigenvalue weighted by Crippen LogP contribution is -2.08. The number of nitrogens with zero attached hydrogens (tertiary/aromatic N) is 1. The monoisotopic (exact) mass is 290 g/mol. The van der Waals surface area contributed by atoms with Crippen molar-refractivity contribution >= 4 is 0 Å². The molecule has 8 heteroatoms. The molecule has 0 spiro atoms. The van der Waals surface area contributed by atoms with E-state index in [2.05, 4.69) is 5.16 Å². The van der Waals surface area contributed by atoms with Gasteiger partial charge in [0.05, 0.1) is 11.3 Å². The lowest BCUT2D eigenvalue weighted by molar-refractivity contribution is -0.140. The number of ether oxygens (including phenoxy) is 1. The van der Waals surface area contributed by atoms with Crippen molar-refractivity contribution in [2.24, 2.45) is 5.73 Å². The van der Waals surface area contributed by atoms with Crippen LogP contribution in [0.2, 0.25) is 0 Å². The quantitative estimate of drug-likeness (QED) is 0.879. The van der Waals surface area contributed by atoms with E-state index in [4.69, 9.17) is 15.0 Å². The van der Waals surface area contributed by atoms with Crippen LogP contribution in [0.5, 0.6) is 5.75 Å². The van der Waals surface area contributed by atoms with Crippen LogP contribution in [0.3, 0.4) is 0 Å². The fourth-order valence-electron chi connectivity index (χ4n) is 1.49. The molecule has 2 aromatic rings. The Balaban J connectivity index is 2.10. The first-order chi connectivity index (χ1) is 9.40. The van der Waals surface area contributed by atoms with Crippen LogP contribution in [0.15, 0.2) is 28.8 Å². The van der Waals surface area contributed by atoms with Gasteiger partial charge in [0, 0.05) is 12.6 Å². The highest BCUT2D eigenvalue weighted by atomic mass is 19.4. The van der Waals surface area contributed by atoms with E-state index in [0.29, 0.717) is 23.6 Å². The molecule has 108 valence electrons. The highest BCUT2D eigenvalue weighted by molar-refractivity contribution is 5.31. The lowest BCUT2D eigenvalue weighted by atomic mass is 10.2. The Bertz CT molecular complexity index is 595. The molecule has 0 amide bonds. The van der Waals surface area contributed by atoms with Gasteiger partial charge in [0.15, 0.2) is 5.76 Å². The molecule has 0 radical (unpaired) electrons. The maximum absolute atomic E-state index is 13.1. The van der Waals surface area contributed by atoms with Crippen molar-refractivity contribution in [3.63, 3.8) is 0 Å². The predicted octanol–water partition coefficient (Wildman–Crippen LogP) is 2.87. The van der Waals surface area contributed by atoms with E-state index >= 15 is 0 Å². The Morgan fingerprint density at radius 2 is 2.00 bits per heavy atom. The largest absolute Gasteiger partial charge is 0.486 e. The number of hydrogen-bond acceptors (Lipinski definition) is 4. The maximum atomic E-state index is 13.1. The zero-order chi connectivity index (χ0) is 14.8. The third-order valence-electron chi connectivity index (χ3n) is 2.44. The van der Waals surface area contributed by atoms with Crippen LogP contribution >= 0.6 is 0 Å². The minimum Gasteiger partial charge on any atom is -0.486 e. The summed E-state index contributed by atoms with van der Waals surface area (Å²) in [7, 11) is 0. The molecule has 0 atom stereocenters. The number of benzene rings is 1. The fraction of sp³-hybridized carbons (Fsp3) is 0.250. The summed E-state index contributed by atoms with van der Waals surface area (Å²) in [6.07, 6.45) is -4.78. The number of hydrogen-bond donors (Lipinski definition) is 1. The van der Waals surface area contributed by atoms with Gasteiger partial charge < -0.3 is 15.0 Å². The Morgan fingerprint density at radius 1 is 1.25 bits per heavy atom. The Morgan fingerprint density at radius 3 is 2.60 bits per heavy atom. The molecule has 0 aliphatic rings. The molecule has 1 aromatic heterocycles. The third-order valence-corrected chi connectivity index (χ3v) is 2.44. The molecule has 20 heavy (non-hydrogen) atoms. The average molecular weight is 290 g/mol. The SMILES string of the molecule is NCc1cc(COc2ccc(F)c(C(F)(F)F)c2)on1. The van der Waals surface area contributed by atoms with Gasteiger partial charge in [0.2, 0.25) is 0 Å². The smallest absolute Gasteiger partial charge is 0.419 e. The number of nitrogens with two attached hydrogens (primary N) is 1. The van der Waals surface area contributed by atoms with Gasteiger partial charge in [-0.2, -0.15) is 13.2 Å². The van der Waals surface area contributed by atoms with Crippen LogP contribution in [-0.4, -0.2) is 5.16 Å². The van der Waals surface area contributed by atoms with Gasteiger partial charge in [-0.1, -0.05) is 5.16 Å². The van der Waals surface area contributed by atoms with Crippen molar-refractivity contribution < 1.29 is 26.8 Å². The second kappa shape index (κ2) is 5.49. The summed E-state index contributed by atoms with van der Waals surface area (Å²) in [6.45, 7) is 0.0498. The van der Waals surface area contributed by atoms with Crippen molar-refractivity contribution in [3.05, 3.63) is 47.1 Å². The molecule has 1 heterocycles. The minimum absolute atomic E-state index is 0.121. The molecular weight excluding hydrogens is 280 g/mol. The van der Waals surface area contributed by atoms with Crippen molar-refractivity contribution in [3.8, 4) is 5.75 Å². The summed E-state index contributed by atoms with van der Waals surface area (Å²) in [5.74, 6) is -1.16. The summed E-state index contributed by atoms with van der Waals surface area (Å²) in [5.41, 5.74) is 4.44. The molecule has 2 rings (SSSR count). The second-order valence-electron chi connectivity index (χ2n) is 3.92. The van der Waals surface area contributed by atoms with Crippen LogP contribution in [0.4, 0.5) is 17.6 Å². The molecule has 4 nitrogen and oxygen atoms in total. The van der Waals surface area contributed by atoms with E-state index < -0.39 is 17.6 Å². The number of alkyl halides is 3. The van der Waals surface area contributed by atoms with Gasteiger partial charge in [0.25, 0.3) is 0 Å². The normalized spacial score (nSPS) is 11.7. The molecule has 0 aliphatic carbocycles. The van der Waals surface area contributed by atoms with Crippen LogP contribution < -0.4 is 10.5 Å². The molecule has 0 saturated carbocycles. The van der Waals surface area contributed by atoms with Crippen molar-refractivity contribution in [1.29, 1.82) is 0 Å². The Labute approximate surface area is 111 Å².